The molecule has 0 fully saturated rings. The largest absolute Gasteiger partial charge is 0.494 e. The number of nitrogens with one attached hydrogen (secondary N) is 1. The Kier molecular flexibility index (Phi) is 7.22. The summed E-state index contributed by atoms with van der Waals surface area (Å²) in [4.78, 5) is 25.0. The summed E-state index contributed by atoms with van der Waals surface area (Å²) >= 11 is 0. The van der Waals surface area contributed by atoms with Crippen molar-refractivity contribution in [1.82, 2.24) is 9.78 Å². The molecule has 12 heteroatoms. The number of ether oxygens (including phenoxy) is 1. The molecule has 1 N–H and O–H groups in total. The molecule has 1 heterocycles. The lowest BCUT2D eigenvalue weighted by molar-refractivity contribution is -0.143. The number of amides is 1. The first-order chi connectivity index (χ1) is 16.3. The number of carbonyl (C=O) groups is 1. The summed E-state index contributed by atoms with van der Waals surface area (Å²) in [6.07, 6.45) is -10.1. The number of carbonyl (C=O) groups excluding carboxylic acids is 1. The number of anilines is 1. The van der Waals surface area contributed by atoms with Crippen LogP contribution in [0.4, 0.5) is 32.0 Å². The number of hydrogen-bond acceptors (Lipinski definition) is 4. The number of benzene rings is 2. The second kappa shape index (κ2) is 9.80. The highest BCUT2D eigenvalue weighted by Crippen LogP contribution is 2.37. The number of hydrogen-bond donors (Lipinski definition) is 1. The molecule has 186 valence electrons. The van der Waals surface area contributed by atoms with Crippen LogP contribution in [0, 0.1) is 0 Å². The Morgan fingerprint density at radius 1 is 0.971 bits per heavy atom. The standard InChI is InChI=1S/C23H19F6N3O3/c1-3-35-18-6-4-14(5-7-18)19-8-9-20(33)32(31-19)13(2)21(34)30-17-11-15(22(24,25)26)10-16(12-17)23(27,28)29/h4-13H,3H2,1-2H3,(H,30,34). The van der Waals surface area contributed by atoms with Gasteiger partial charge in [0.2, 0.25) is 5.91 Å². The number of rotatable bonds is 6. The SMILES string of the molecule is CCOc1ccc(-c2ccc(=O)n(C(C)C(=O)Nc3cc(C(F)(F)F)cc(C(F)(F)F)c3)n2)cc1. The molecule has 6 nitrogen and oxygen atoms in total. The van der Waals surface area contributed by atoms with Gasteiger partial charge in [-0.1, -0.05) is 0 Å². The first kappa shape index (κ1) is 25.8. The molecule has 0 bridgehead atoms. The van der Waals surface area contributed by atoms with E-state index in [1.54, 1.807) is 24.3 Å². The van der Waals surface area contributed by atoms with Crippen molar-refractivity contribution in [2.75, 3.05) is 11.9 Å². The maximum atomic E-state index is 13.1. The van der Waals surface area contributed by atoms with E-state index in [2.05, 4.69) is 5.10 Å². The van der Waals surface area contributed by atoms with Gasteiger partial charge in [-0.15, -0.1) is 0 Å². The lowest BCUT2D eigenvalue weighted by Gasteiger charge is -2.17. The summed E-state index contributed by atoms with van der Waals surface area (Å²) in [6, 6.07) is 8.63. The van der Waals surface area contributed by atoms with E-state index in [0.29, 0.717) is 35.7 Å². The van der Waals surface area contributed by atoms with Gasteiger partial charge in [0.1, 0.15) is 11.8 Å². The fourth-order valence-corrected chi connectivity index (χ4v) is 3.13. The van der Waals surface area contributed by atoms with Crippen LogP contribution in [0.2, 0.25) is 0 Å². The zero-order valence-electron chi connectivity index (χ0n) is 18.4. The predicted molar refractivity (Wildman–Crippen MR) is 115 cm³/mol. The minimum atomic E-state index is -5.07. The first-order valence-electron chi connectivity index (χ1n) is 10.2. The summed E-state index contributed by atoms with van der Waals surface area (Å²) < 4.78 is 84.6. The molecule has 1 unspecified atom stereocenters. The molecule has 0 aliphatic rings. The highest BCUT2D eigenvalue weighted by Gasteiger charge is 2.37. The second-order valence-electron chi connectivity index (χ2n) is 7.42. The van der Waals surface area contributed by atoms with Gasteiger partial charge in [0.25, 0.3) is 5.56 Å². The summed E-state index contributed by atoms with van der Waals surface area (Å²) in [7, 11) is 0. The summed E-state index contributed by atoms with van der Waals surface area (Å²) in [6.45, 7) is 3.52. The smallest absolute Gasteiger partial charge is 0.416 e. The number of nitrogens with zero attached hydrogens (tertiary/aromatic N) is 2. The van der Waals surface area contributed by atoms with Crippen LogP contribution in [-0.4, -0.2) is 22.3 Å². The van der Waals surface area contributed by atoms with Crippen molar-refractivity contribution in [1.29, 1.82) is 0 Å². The number of alkyl halides is 6. The van der Waals surface area contributed by atoms with E-state index in [9.17, 15) is 35.9 Å². The molecule has 0 aliphatic heterocycles. The minimum Gasteiger partial charge on any atom is -0.494 e. The molecule has 2 aromatic carbocycles. The van der Waals surface area contributed by atoms with E-state index in [1.807, 2.05) is 12.2 Å². The molecule has 35 heavy (non-hydrogen) atoms. The van der Waals surface area contributed by atoms with Gasteiger partial charge in [-0.05, 0) is 62.4 Å². The van der Waals surface area contributed by atoms with E-state index >= 15 is 0 Å². The zero-order chi connectivity index (χ0) is 26.0. The molecule has 1 amide bonds. The van der Waals surface area contributed by atoms with Crippen molar-refractivity contribution in [3.8, 4) is 17.0 Å². The van der Waals surface area contributed by atoms with Gasteiger partial charge in [-0.2, -0.15) is 31.4 Å². The lowest BCUT2D eigenvalue weighted by Crippen LogP contribution is -2.33. The molecular formula is C23H19F6N3O3. The quantitative estimate of drug-likeness (QED) is 0.452. The van der Waals surface area contributed by atoms with E-state index in [-0.39, 0.29) is 6.07 Å². The van der Waals surface area contributed by atoms with Gasteiger partial charge < -0.3 is 10.1 Å². The Labute approximate surface area is 195 Å². The molecule has 0 aliphatic carbocycles. The summed E-state index contributed by atoms with van der Waals surface area (Å²) in [5, 5.41) is 6.15. The molecule has 0 saturated carbocycles. The van der Waals surface area contributed by atoms with Gasteiger partial charge in [-0.25, -0.2) is 4.68 Å². The Hall–Kier alpha value is -3.83. The van der Waals surface area contributed by atoms with Crippen LogP contribution in [0.15, 0.2) is 59.4 Å². The second-order valence-corrected chi connectivity index (χ2v) is 7.42. The van der Waals surface area contributed by atoms with Crippen LogP contribution in [0.25, 0.3) is 11.3 Å². The molecule has 3 aromatic rings. The van der Waals surface area contributed by atoms with E-state index in [0.717, 1.165) is 10.7 Å². The average molecular weight is 499 g/mol. The van der Waals surface area contributed by atoms with Crippen LogP contribution in [0.5, 0.6) is 5.75 Å². The van der Waals surface area contributed by atoms with Gasteiger partial charge in [0.05, 0.1) is 23.4 Å². The third kappa shape index (κ3) is 6.19. The van der Waals surface area contributed by atoms with Gasteiger partial charge >= 0.3 is 12.4 Å². The fourth-order valence-electron chi connectivity index (χ4n) is 3.13. The van der Waals surface area contributed by atoms with Crippen molar-refractivity contribution in [2.45, 2.75) is 32.2 Å². The third-order valence-electron chi connectivity index (χ3n) is 4.89. The number of aromatic nitrogens is 2. The van der Waals surface area contributed by atoms with Gasteiger partial charge in [0, 0.05) is 17.3 Å². The van der Waals surface area contributed by atoms with Crippen LogP contribution in [0.1, 0.15) is 31.0 Å². The molecule has 0 radical (unpaired) electrons. The number of halogens is 6. The van der Waals surface area contributed by atoms with E-state index < -0.39 is 46.7 Å². The topological polar surface area (TPSA) is 73.2 Å². The normalized spacial score (nSPS) is 12.8. The Morgan fingerprint density at radius 2 is 1.54 bits per heavy atom. The Bertz CT molecular complexity index is 1230. The Balaban J connectivity index is 1.90. The third-order valence-corrected chi connectivity index (χ3v) is 4.89. The van der Waals surface area contributed by atoms with Crippen LogP contribution < -0.4 is 15.6 Å². The maximum absolute atomic E-state index is 13.1. The van der Waals surface area contributed by atoms with Crippen molar-refractivity contribution >= 4 is 11.6 Å². The van der Waals surface area contributed by atoms with Crippen molar-refractivity contribution in [3.05, 3.63) is 76.1 Å². The predicted octanol–water partition coefficient (Wildman–Crippen LogP) is 5.55. The van der Waals surface area contributed by atoms with Crippen LogP contribution >= 0.6 is 0 Å². The molecule has 1 aromatic heterocycles. The molecule has 1 atom stereocenters. The first-order valence-corrected chi connectivity index (χ1v) is 10.2. The zero-order valence-corrected chi connectivity index (χ0v) is 18.4. The van der Waals surface area contributed by atoms with Crippen LogP contribution in [0.3, 0.4) is 0 Å². The molecule has 3 rings (SSSR count). The minimum absolute atomic E-state index is 0.0502. The summed E-state index contributed by atoms with van der Waals surface area (Å²) in [5.41, 5.74) is -3.68. The van der Waals surface area contributed by atoms with Crippen molar-refractivity contribution in [2.24, 2.45) is 0 Å². The highest BCUT2D eigenvalue weighted by atomic mass is 19.4. The lowest BCUT2D eigenvalue weighted by atomic mass is 10.1. The molecule has 0 saturated heterocycles. The van der Waals surface area contributed by atoms with Crippen molar-refractivity contribution in [3.63, 3.8) is 0 Å². The van der Waals surface area contributed by atoms with Crippen LogP contribution in [-0.2, 0) is 17.1 Å². The average Bonchev–Trinajstić information content (AvgIpc) is 2.78. The fraction of sp³-hybridized carbons (Fsp3) is 0.261. The van der Waals surface area contributed by atoms with E-state index in [1.165, 1.54) is 13.0 Å². The van der Waals surface area contributed by atoms with Gasteiger partial charge in [-0.3, -0.25) is 9.59 Å². The van der Waals surface area contributed by atoms with Crippen molar-refractivity contribution < 1.29 is 35.9 Å². The Morgan fingerprint density at radius 3 is 2.06 bits per heavy atom. The van der Waals surface area contributed by atoms with Gasteiger partial charge in [0.15, 0.2) is 0 Å². The maximum Gasteiger partial charge on any atom is 0.416 e. The van der Waals surface area contributed by atoms with E-state index in [4.69, 9.17) is 4.74 Å². The summed E-state index contributed by atoms with van der Waals surface area (Å²) in [5.74, 6) is -0.424. The highest BCUT2D eigenvalue weighted by molar-refractivity contribution is 5.93. The molecular weight excluding hydrogens is 480 g/mol. The molecule has 0 spiro atoms. The monoisotopic (exact) mass is 499 g/mol.